The molecular weight excluding hydrogens is 380 g/mol. The first kappa shape index (κ1) is 18.9. The average Bonchev–Trinajstić information content (AvgIpc) is 3.09. The van der Waals surface area contributed by atoms with Gasteiger partial charge in [0.2, 0.25) is 5.91 Å². The van der Waals surface area contributed by atoms with E-state index in [9.17, 15) is 9.90 Å². The number of hydrogen-bond acceptors (Lipinski definition) is 6. The summed E-state index contributed by atoms with van der Waals surface area (Å²) in [5.41, 5.74) is 9.05. The van der Waals surface area contributed by atoms with E-state index in [0.717, 1.165) is 61.2 Å². The molecule has 8 heteroatoms. The number of phenols is 1. The molecule has 2 aliphatic rings. The van der Waals surface area contributed by atoms with Crippen LogP contribution in [0, 0.1) is 0 Å². The summed E-state index contributed by atoms with van der Waals surface area (Å²) in [5.74, 6) is 0.871. The molecular formula is C22H26N6O2. The molecule has 1 saturated heterocycles. The molecule has 156 valence electrons. The Hall–Kier alpha value is -3.13. The molecule has 0 bridgehead atoms. The van der Waals surface area contributed by atoms with E-state index >= 15 is 0 Å². The number of nitrogens with zero attached hydrogens (tertiary/aromatic N) is 5. The second-order valence-electron chi connectivity index (χ2n) is 8.28. The predicted molar refractivity (Wildman–Crippen MR) is 115 cm³/mol. The van der Waals surface area contributed by atoms with Gasteiger partial charge in [-0.3, -0.25) is 9.69 Å². The zero-order valence-electron chi connectivity index (χ0n) is 17.0. The Balaban J connectivity index is 1.38. The van der Waals surface area contributed by atoms with Crippen LogP contribution >= 0.6 is 0 Å². The van der Waals surface area contributed by atoms with Crippen LogP contribution in [-0.4, -0.2) is 67.6 Å². The van der Waals surface area contributed by atoms with Crippen LogP contribution in [0.1, 0.15) is 25.8 Å². The number of phenolic OH excluding ortho intramolecular Hbond substituents is 1. The number of nitrogen functional groups attached to an aromatic ring is 1. The Bertz CT molecular complexity index is 1080. The van der Waals surface area contributed by atoms with Gasteiger partial charge in [-0.05, 0) is 30.5 Å². The highest BCUT2D eigenvalue weighted by atomic mass is 16.3. The van der Waals surface area contributed by atoms with Crippen molar-refractivity contribution in [2.24, 2.45) is 0 Å². The van der Waals surface area contributed by atoms with Crippen LogP contribution in [0.5, 0.6) is 5.75 Å². The number of carbonyl (C=O) groups is 1. The minimum absolute atomic E-state index is 0.166. The third kappa shape index (κ3) is 3.17. The molecule has 30 heavy (non-hydrogen) atoms. The Morgan fingerprint density at radius 1 is 1.07 bits per heavy atom. The van der Waals surface area contributed by atoms with Crippen LogP contribution in [0.25, 0.3) is 22.2 Å². The molecule has 3 N–H and O–H groups in total. The largest absolute Gasteiger partial charge is 0.508 e. The number of nitrogens with two attached hydrogens (primary N) is 1. The normalized spacial score (nSPS) is 22.2. The van der Waals surface area contributed by atoms with Crippen LogP contribution in [0.4, 0.5) is 5.82 Å². The van der Waals surface area contributed by atoms with E-state index in [2.05, 4.69) is 25.6 Å². The van der Waals surface area contributed by atoms with Gasteiger partial charge in [-0.1, -0.05) is 12.1 Å². The summed E-state index contributed by atoms with van der Waals surface area (Å²) in [6, 6.07) is 8.04. The molecule has 2 fully saturated rings. The van der Waals surface area contributed by atoms with Gasteiger partial charge in [-0.2, -0.15) is 0 Å². The van der Waals surface area contributed by atoms with Crippen LogP contribution in [0.15, 0.2) is 36.8 Å². The summed E-state index contributed by atoms with van der Waals surface area (Å²) in [6.07, 6.45) is 5.76. The van der Waals surface area contributed by atoms with Gasteiger partial charge in [0.05, 0.1) is 5.39 Å². The van der Waals surface area contributed by atoms with Crippen molar-refractivity contribution in [3.63, 3.8) is 0 Å². The van der Waals surface area contributed by atoms with Crippen LogP contribution in [-0.2, 0) is 4.79 Å². The minimum Gasteiger partial charge on any atom is -0.508 e. The van der Waals surface area contributed by atoms with Crippen molar-refractivity contribution in [1.29, 1.82) is 0 Å². The van der Waals surface area contributed by atoms with Gasteiger partial charge < -0.3 is 20.3 Å². The van der Waals surface area contributed by atoms with E-state index < -0.39 is 0 Å². The van der Waals surface area contributed by atoms with Crippen LogP contribution in [0.2, 0.25) is 0 Å². The molecule has 0 spiro atoms. The van der Waals surface area contributed by atoms with Crippen LogP contribution < -0.4 is 5.73 Å². The SMILES string of the molecule is CC(=O)N1CCN(C2CC(n3cc(-c4ccc(O)cc4)c4c(N)ncnc43)C2)CC1. The Labute approximate surface area is 174 Å². The zero-order valence-corrected chi connectivity index (χ0v) is 17.0. The summed E-state index contributed by atoms with van der Waals surface area (Å²) in [5, 5.41) is 10.5. The number of piperazine rings is 1. The minimum atomic E-state index is 0.166. The standard InChI is InChI=1S/C22H26N6O2/c1-14(29)26-6-8-27(9-7-26)16-10-17(11-16)28-12-19(15-2-4-18(30)5-3-15)20-21(23)24-13-25-22(20)28/h2-5,12-13,16-17,30H,6-11H2,1H3,(H2,23,24,25). The van der Waals surface area contributed by atoms with Crippen molar-refractivity contribution >= 4 is 22.8 Å². The van der Waals surface area contributed by atoms with E-state index in [-0.39, 0.29) is 11.7 Å². The Kier molecular flexibility index (Phi) is 4.58. The molecule has 1 aliphatic carbocycles. The van der Waals surface area contributed by atoms with Gasteiger partial charge >= 0.3 is 0 Å². The number of carbonyl (C=O) groups excluding carboxylic acids is 1. The molecule has 3 heterocycles. The Morgan fingerprint density at radius 2 is 1.77 bits per heavy atom. The number of hydrogen-bond donors (Lipinski definition) is 2. The lowest BCUT2D eigenvalue weighted by Crippen LogP contribution is -2.54. The smallest absolute Gasteiger partial charge is 0.219 e. The molecule has 8 nitrogen and oxygen atoms in total. The molecule has 1 amide bonds. The molecule has 1 saturated carbocycles. The summed E-state index contributed by atoms with van der Waals surface area (Å²) in [7, 11) is 0. The maximum absolute atomic E-state index is 11.6. The number of benzene rings is 1. The summed E-state index contributed by atoms with van der Waals surface area (Å²) in [6.45, 7) is 5.16. The molecule has 1 aliphatic heterocycles. The molecule has 0 atom stereocenters. The van der Waals surface area contributed by atoms with Crippen molar-refractivity contribution < 1.29 is 9.90 Å². The highest BCUT2D eigenvalue weighted by molar-refractivity contribution is 6.00. The topological polar surface area (TPSA) is 101 Å². The van der Waals surface area contributed by atoms with E-state index in [1.54, 1.807) is 19.1 Å². The number of rotatable bonds is 3. The van der Waals surface area contributed by atoms with Gasteiger partial charge in [0.25, 0.3) is 0 Å². The number of amides is 1. The van der Waals surface area contributed by atoms with Crippen molar-refractivity contribution in [3.8, 4) is 16.9 Å². The van der Waals surface area contributed by atoms with Gasteiger partial charge in [0.15, 0.2) is 0 Å². The van der Waals surface area contributed by atoms with Crippen molar-refractivity contribution in [2.45, 2.75) is 31.8 Å². The molecule has 2 aromatic heterocycles. The summed E-state index contributed by atoms with van der Waals surface area (Å²) < 4.78 is 2.23. The van der Waals surface area contributed by atoms with E-state index in [4.69, 9.17) is 5.73 Å². The maximum atomic E-state index is 11.6. The third-order valence-corrected chi connectivity index (χ3v) is 6.57. The van der Waals surface area contributed by atoms with E-state index in [1.807, 2.05) is 17.0 Å². The van der Waals surface area contributed by atoms with Crippen LogP contribution in [0.3, 0.4) is 0 Å². The fraction of sp³-hybridized carbons (Fsp3) is 0.409. The molecule has 5 rings (SSSR count). The summed E-state index contributed by atoms with van der Waals surface area (Å²) in [4.78, 5) is 24.7. The summed E-state index contributed by atoms with van der Waals surface area (Å²) >= 11 is 0. The maximum Gasteiger partial charge on any atom is 0.219 e. The second kappa shape index (κ2) is 7.28. The van der Waals surface area contributed by atoms with Gasteiger partial charge in [-0.25, -0.2) is 9.97 Å². The zero-order chi connectivity index (χ0) is 20.8. The third-order valence-electron chi connectivity index (χ3n) is 6.57. The number of aromatic hydroxyl groups is 1. The number of anilines is 1. The lowest BCUT2D eigenvalue weighted by molar-refractivity contribution is -0.131. The van der Waals surface area contributed by atoms with Crippen molar-refractivity contribution in [1.82, 2.24) is 24.3 Å². The van der Waals surface area contributed by atoms with Gasteiger partial charge in [-0.15, -0.1) is 0 Å². The van der Waals surface area contributed by atoms with E-state index in [0.29, 0.717) is 17.9 Å². The monoisotopic (exact) mass is 406 g/mol. The van der Waals surface area contributed by atoms with Crippen molar-refractivity contribution in [3.05, 3.63) is 36.8 Å². The van der Waals surface area contributed by atoms with Crippen molar-refractivity contribution in [2.75, 3.05) is 31.9 Å². The predicted octanol–water partition coefficient (Wildman–Crippen LogP) is 2.25. The van der Waals surface area contributed by atoms with Gasteiger partial charge in [0, 0.05) is 56.9 Å². The molecule has 0 radical (unpaired) electrons. The first-order valence-electron chi connectivity index (χ1n) is 10.4. The number of fused-ring (bicyclic) bond motifs is 1. The number of aromatic nitrogens is 3. The van der Waals surface area contributed by atoms with E-state index in [1.165, 1.54) is 6.33 Å². The quantitative estimate of drug-likeness (QED) is 0.692. The Morgan fingerprint density at radius 3 is 2.43 bits per heavy atom. The average molecular weight is 406 g/mol. The first-order chi connectivity index (χ1) is 14.5. The molecule has 0 unspecified atom stereocenters. The molecule has 1 aromatic carbocycles. The first-order valence-corrected chi connectivity index (χ1v) is 10.4. The highest BCUT2D eigenvalue weighted by Gasteiger charge is 2.37. The molecule has 3 aromatic rings. The lowest BCUT2D eigenvalue weighted by atomic mass is 9.85. The fourth-order valence-corrected chi connectivity index (χ4v) is 4.73. The lowest BCUT2D eigenvalue weighted by Gasteiger charge is -2.46. The highest BCUT2D eigenvalue weighted by Crippen LogP contribution is 2.42. The fourth-order valence-electron chi connectivity index (χ4n) is 4.73. The second-order valence-corrected chi connectivity index (χ2v) is 8.28. The van der Waals surface area contributed by atoms with Gasteiger partial charge in [0.1, 0.15) is 23.5 Å².